The van der Waals surface area contributed by atoms with Crippen LogP contribution in [-0.4, -0.2) is 0 Å². The Kier molecular flexibility index (Phi) is 19.5. The Morgan fingerprint density at radius 3 is 1.64 bits per heavy atom. The van der Waals surface area contributed by atoms with Gasteiger partial charge in [0.2, 0.25) is 0 Å². The first kappa shape index (κ1) is 18.6. The van der Waals surface area contributed by atoms with E-state index < -0.39 is 0 Å². The number of hydrogen-bond donors (Lipinski definition) is 1. The normalized spacial score (nSPS) is 16.2. The molecule has 0 radical (unpaired) electrons. The van der Waals surface area contributed by atoms with E-state index >= 15 is 0 Å². The first-order valence-corrected chi connectivity index (χ1v) is 61.3. The van der Waals surface area contributed by atoms with E-state index in [1.165, 1.54) is 0 Å². The van der Waals surface area contributed by atoms with Crippen LogP contribution in [0.1, 0.15) is 0 Å². The Labute approximate surface area is 143 Å². The Morgan fingerprint density at radius 1 is 0.909 bits per heavy atom. The summed E-state index contributed by atoms with van der Waals surface area (Å²) in [7, 11) is 3.14. The minimum absolute atomic E-state index is 0.329. The van der Waals surface area contributed by atoms with Crippen molar-refractivity contribution >= 4 is 134 Å². The molecule has 0 N–H and O–H groups in total. The molecule has 0 aliphatic carbocycles. The van der Waals surface area contributed by atoms with Gasteiger partial charge in [-0.05, 0) is 0 Å². The van der Waals surface area contributed by atoms with Crippen LogP contribution in [0.5, 0.6) is 0 Å². The number of halogens is 10. The van der Waals surface area contributed by atoms with Crippen molar-refractivity contribution in [2.75, 3.05) is 0 Å². The second kappa shape index (κ2) is 11.5. The predicted molar refractivity (Wildman–Crippen MR) is 135 cm³/mol. The molecule has 0 aliphatic rings. The van der Waals surface area contributed by atoms with Gasteiger partial charge < -0.3 is 0 Å². The van der Waals surface area contributed by atoms with Crippen LogP contribution < -0.4 is 15.8 Å². The minimum atomic E-state index is -0.386. The predicted octanol–water partition coefficient (Wildman–Crippen LogP) is 5.36. The van der Waals surface area contributed by atoms with Crippen molar-refractivity contribution in [2.45, 2.75) is 0 Å². The maximum atomic E-state index is 4.56. The molecular formula is HI10S-. The van der Waals surface area contributed by atoms with E-state index in [1.807, 2.05) is 0 Å². The summed E-state index contributed by atoms with van der Waals surface area (Å²) in [4.78, 5) is 0. The molecule has 11 heteroatoms. The number of thiol groups is 1. The van der Waals surface area contributed by atoms with Crippen LogP contribution in [0.4, 0.5) is 0 Å². The molecule has 0 nitrogen and oxygen atoms in total. The monoisotopic (exact) mass is 1300 g/mol. The third-order valence-electron chi connectivity index (χ3n) is 0.293. The second-order valence-corrected chi connectivity index (χ2v) is 204. The van der Waals surface area contributed by atoms with E-state index in [0.717, 1.165) is 0 Å². The van der Waals surface area contributed by atoms with E-state index in [2.05, 4.69) is 103 Å². The molecular weight excluding hydrogens is 1300 g/mol. The summed E-state index contributed by atoms with van der Waals surface area (Å²) >= 11 is 14.6. The summed E-state index contributed by atoms with van der Waals surface area (Å²) in [5.74, 6) is 0. The molecule has 0 spiro atoms. The molecule has 0 fully saturated rings. The zero-order chi connectivity index (χ0) is 9.02. The van der Waals surface area contributed by atoms with Gasteiger partial charge in [0.1, 0.15) is 0 Å². The number of rotatable bonds is 4. The molecule has 0 aromatic heterocycles. The van der Waals surface area contributed by atoms with Crippen molar-refractivity contribution in [3.8, 4) is 0 Å². The van der Waals surface area contributed by atoms with E-state index in [4.69, 9.17) is 0 Å². The maximum absolute atomic E-state index is 4.56. The standard InChI is InChI=1S/HI10S/c1-7(2)9(4)10(5)8(3)6-11/h11H/q-1. The fourth-order valence-corrected chi connectivity index (χ4v) is 949. The van der Waals surface area contributed by atoms with Gasteiger partial charge in [-0.15, -0.1) is 0 Å². The number of hydrogen-bond acceptors (Lipinski definition) is 1. The molecule has 0 unspecified atom stereocenters. The molecule has 0 saturated heterocycles. The van der Waals surface area contributed by atoms with Gasteiger partial charge in [-0.3, -0.25) is 0 Å². The van der Waals surface area contributed by atoms with Gasteiger partial charge in [0.25, 0.3) is 0 Å². The topological polar surface area (TPSA) is 0 Å². The van der Waals surface area contributed by atoms with Gasteiger partial charge in [-0.1, -0.05) is 0 Å². The van der Waals surface area contributed by atoms with Crippen molar-refractivity contribution in [2.24, 2.45) is 0 Å². The van der Waals surface area contributed by atoms with Crippen LogP contribution in [0.2, 0.25) is 0 Å². The van der Waals surface area contributed by atoms with Crippen LogP contribution >= 0.6 is 134 Å². The Bertz CT molecular complexity index is 99.0. The second-order valence-electron chi connectivity index (χ2n) is 0.712. The molecule has 0 atom stereocenters. The van der Waals surface area contributed by atoms with Gasteiger partial charge in [-0.2, -0.15) is 0 Å². The Hall–Kier alpha value is 7.65. The van der Waals surface area contributed by atoms with Gasteiger partial charge in [-0.25, -0.2) is 0 Å². The zero-order valence-corrected chi connectivity index (χ0v) is 26.7. The van der Waals surface area contributed by atoms with Gasteiger partial charge in [0.05, 0.1) is 0 Å². The van der Waals surface area contributed by atoms with E-state index in [0.29, 0.717) is 15.8 Å². The molecule has 0 heterocycles. The summed E-state index contributed by atoms with van der Waals surface area (Å²) < 4.78 is 0. The van der Waals surface area contributed by atoms with Crippen LogP contribution in [-0.2, 0) is 0 Å². The van der Waals surface area contributed by atoms with Crippen molar-refractivity contribution < 1.29 is 15.8 Å². The first-order chi connectivity index (χ1) is 5.00. The van der Waals surface area contributed by atoms with Crippen molar-refractivity contribution in [1.82, 2.24) is 0 Å². The van der Waals surface area contributed by atoms with E-state index in [1.54, 1.807) is 0 Å². The fourth-order valence-electron chi connectivity index (χ4n) is 0.0800. The summed E-state index contributed by atoms with van der Waals surface area (Å²) in [5.41, 5.74) is 0. The summed E-state index contributed by atoms with van der Waals surface area (Å²) in [6.45, 7) is 0. The Balaban J connectivity index is 3.90. The summed E-state index contributed by atoms with van der Waals surface area (Å²) in [6, 6.07) is 0. The molecule has 11 heavy (non-hydrogen) atoms. The zero-order valence-electron chi connectivity index (χ0n) is 4.23. The molecule has 0 amide bonds. The molecule has 78 valence electrons. The molecule has 0 aromatic rings. The Morgan fingerprint density at radius 2 is 1.36 bits per heavy atom. The molecule has 0 saturated carbocycles. The average Bonchev–Trinajstić information content (AvgIpc) is 2.00. The van der Waals surface area contributed by atoms with Crippen molar-refractivity contribution in [1.29, 1.82) is 0 Å². The van der Waals surface area contributed by atoms with Gasteiger partial charge in [0, 0.05) is 0 Å². The molecule has 0 aromatic carbocycles. The van der Waals surface area contributed by atoms with E-state index in [-0.39, 0.29) is 31.6 Å². The molecule has 0 bridgehead atoms. The third-order valence-corrected chi connectivity index (χ3v) is 540. The van der Waals surface area contributed by atoms with Gasteiger partial charge >= 0.3 is 150 Å². The average molecular weight is 1300 g/mol. The van der Waals surface area contributed by atoms with Crippen molar-refractivity contribution in [3.05, 3.63) is 0 Å². The summed E-state index contributed by atoms with van der Waals surface area (Å²) in [6.07, 6.45) is 0. The van der Waals surface area contributed by atoms with Crippen LogP contribution in [0.15, 0.2) is 0 Å². The molecule has 0 rings (SSSR count). The van der Waals surface area contributed by atoms with Crippen LogP contribution in [0.3, 0.4) is 0 Å². The van der Waals surface area contributed by atoms with Crippen LogP contribution in [0, 0.1) is 0 Å². The summed E-state index contributed by atoms with van der Waals surface area (Å²) in [5, 5.41) is 0. The quantitative estimate of drug-likeness (QED) is 0.285. The van der Waals surface area contributed by atoms with E-state index in [9.17, 15) is 0 Å². The van der Waals surface area contributed by atoms with Gasteiger partial charge in [0.15, 0.2) is 0 Å². The SMILES string of the molecule is S[I-]I(I)I(I)I(I)I(I)I. The van der Waals surface area contributed by atoms with Crippen molar-refractivity contribution in [3.63, 3.8) is 0 Å². The van der Waals surface area contributed by atoms with Crippen LogP contribution in [0.25, 0.3) is 0 Å². The third kappa shape index (κ3) is 9.22. The molecule has 0 aliphatic heterocycles. The fraction of sp³-hybridized carbons (Fsp3) is 0. The first-order valence-electron chi connectivity index (χ1n) is 1.45.